The lowest BCUT2D eigenvalue weighted by Crippen LogP contribution is -2.39. The third-order valence-electron chi connectivity index (χ3n) is 3.74. The molecule has 0 saturated carbocycles. The molecule has 0 fully saturated rings. The first-order chi connectivity index (χ1) is 13.9. The van der Waals surface area contributed by atoms with Crippen LogP contribution in [0.3, 0.4) is 0 Å². The number of thioether (sulfide) groups is 1. The molecule has 12 heteroatoms. The highest BCUT2D eigenvalue weighted by molar-refractivity contribution is 8.15. The van der Waals surface area contributed by atoms with Gasteiger partial charge in [-0.1, -0.05) is 23.4 Å². The molecule has 1 unspecified atom stereocenters. The van der Waals surface area contributed by atoms with Crippen LogP contribution in [-0.4, -0.2) is 43.3 Å². The zero-order valence-electron chi connectivity index (χ0n) is 15.8. The minimum Gasteiger partial charge on any atom is -0.488 e. The number of carbonyl (C=O) groups is 1. The molecule has 0 radical (unpaired) electrons. The van der Waals surface area contributed by atoms with Gasteiger partial charge >= 0.3 is 5.63 Å². The molecule has 2 aromatic heterocycles. The molecule has 2 atom stereocenters. The van der Waals surface area contributed by atoms with E-state index in [0.717, 1.165) is 4.88 Å². The minimum absolute atomic E-state index is 0.0178. The topological polar surface area (TPSA) is 114 Å². The third kappa shape index (κ3) is 5.04. The van der Waals surface area contributed by atoms with Crippen molar-refractivity contribution in [2.45, 2.75) is 18.5 Å². The average molecular weight is 459 g/mol. The van der Waals surface area contributed by atoms with E-state index in [4.69, 9.17) is 25.5 Å². The molecular formula is C17H19ClN4O5S2. The molecule has 9 nitrogen and oxygen atoms in total. The number of carbonyl (C=O) groups excluding carboxylic acids is 1. The number of hydrogen-bond donors (Lipinski definition) is 3. The van der Waals surface area contributed by atoms with E-state index in [9.17, 15) is 9.59 Å². The van der Waals surface area contributed by atoms with E-state index in [-0.39, 0.29) is 17.6 Å². The first-order valence-corrected chi connectivity index (χ1v) is 10.6. The predicted octanol–water partition coefficient (Wildman–Crippen LogP) is 2.52. The summed E-state index contributed by atoms with van der Waals surface area (Å²) in [4.78, 5) is 25.6. The van der Waals surface area contributed by atoms with Gasteiger partial charge in [-0.05, 0) is 18.4 Å². The highest BCUT2D eigenvalue weighted by Gasteiger charge is 2.26. The van der Waals surface area contributed by atoms with Gasteiger partial charge < -0.3 is 24.5 Å². The highest BCUT2D eigenvalue weighted by Crippen LogP contribution is 2.30. The number of thiophene rings is 1. The van der Waals surface area contributed by atoms with Crippen LogP contribution in [0.2, 0.25) is 5.02 Å². The highest BCUT2D eigenvalue weighted by atomic mass is 35.5. The van der Waals surface area contributed by atoms with Crippen molar-refractivity contribution < 1.29 is 18.7 Å². The number of nitrogens with one attached hydrogen (secondary N) is 3. The molecule has 0 bridgehead atoms. The van der Waals surface area contributed by atoms with E-state index in [2.05, 4.69) is 21.2 Å². The number of rotatable bonds is 8. The van der Waals surface area contributed by atoms with E-state index in [1.165, 1.54) is 36.3 Å². The molecule has 0 spiro atoms. The van der Waals surface area contributed by atoms with Crippen LogP contribution < -0.4 is 26.4 Å². The van der Waals surface area contributed by atoms with Crippen LogP contribution in [0.25, 0.3) is 0 Å². The normalized spacial score (nSPS) is 16.7. The van der Waals surface area contributed by atoms with Crippen molar-refractivity contribution in [2.75, 3.05) is 26.1 Å². The van der Waals surface area contributed by atoms with Gasteiger partial charge in [-0.15, -0.1) is 11.3 Å². The number of nitrogens with zero attached hydrogens (tertiary/aromatic N) is 1. The van der Waals surface area contributed by atoms with E-state index in [1.54, 1.807) is 13.2 Å². The molecule has 0 saturated heterocycles. The molecule has 3 rings (SSSR count). The first-order valence-electron chi connectivity index (χ1n) is 8.44. The monoisotopic (exact) mass is 458 g/mol. The van der Waals surface area contributed by atoms with Crippen molar-refractivity contribution >= 4 is 51.3 Å². The second-order valence-electron chi connectivity index (χ2n) is 5.96. The smallest absolute Gasteiger partial charge is 0.381 e. The van der Waals surface area contributed by atoms with Crippen molar-refractivity contribution in [1.29, 1.82) is 0 Å². The fourth-order valence-corrected chi connectivity index (χ4v) is 4.73. The lowest BCUT2D eigenvalue weighted by molar-refractivity contribution is 0.0913. The van der Waals surface area contributed by atoms with Crippen LogP contribution in [0.1, 0.15) is 22.4 Å². The SMILES string of the molecule is COC[C@@H](C)Nc1cc(C(=O)NC2NN=C(c3sccc3Cl)S2)oc(=O)c1OC. The second-order valence-corrected chi connectivity index (χ2v) is 8.38. The van der Waals surface area contributed by atoms with Gasteiger partial charge in [0.05, 0.1) is 29.3 Å². The Morgan fingerprint density at radius 2 is 2.28 bits per heavy atom. The van der Waals surface area contributed by atoms with Gasteiger partial charge in [-0.25, -0.2) is 4.79 Å². The summed E-state index contributed by atoms with van der Waals surface area (Å²) in [5.74, 6) is -0.755. The van der Waals surface area contributed by atoms with Crippen LogP contribution in [-0.2, 0) is 4.74 Å². The summed E-state index contributed by atoms with van der Waals surface area (Å²) in [6.45, 7) is 2.27. The van der Waals surface area contributed by atoms with Crippen molar-refractivity contribution in [1.82, 2.24) is 10.7 Å². The Kier molecular flexibility index (Phi) is 7.06. The van der Waals surface area contributed by atoms with Gasteiger partial charge in [0.2, 0.25) is 5.75 Å². The number of methoxy groups -OCH3 is 2. The Bertz CT molecular complexity index is 977. The fourth-order valence-electron chi connectivity index (χ4n) is 2.54. The van der Waals surface area contributed by atoms with E-state index in [1.807, 2.05) is 12.3 Å². The lowest BCUT2D eigenvalue weighted by Gasteiger charge is -2.17. The van der Waals surface area contributed by atoms with Gasteiger partial charge in [0.1, 0.15) is 5.04 Å². The number of ether oxygens (including phenoxy) is 2. The molecule has 0 aromatic carbocycles. The van der Waals surface area contributed by atoms with Crippen molar-refractivity contribution in [3.63, 3.8) is 0 Å². The zero-order chi connectivity index (χ0) is 21.0. The molecule has 2 aromatic rings. The summed E-state index contributed by atoms with van der Waals surface area (Å²) < 4.78 is 15.3. The number of anilines is 1. The summed E-state index contributed by atoms with van der Waals surface area (Å²) in [6, 6.07) is 3.08. The third-order valence-corrected chi connectivity index (χ3v) is 6.20. The van der Waals surface area contributed by atoms with Crippen LogP contribution in [0.5, 0.6) is 5.75 Å². The Balaban J connectivity index is 1.72. The molecule has 3 heterocycles. The molecule has 1 aliphatic rings. The van der Waals surface area contributed by atoms with Crippen LogP contribution in [0.15, 0.2) is 31.8 Å². The van der Waals surface area contributed by atoms with Gasteiger partial charge in [-0.3, -0.25) is 10.2 Å². The molecule has 0 aliphatic carbocycles. The molecule has 29 heavy (non-hydrogen) atoms. The Morgan fingerprint density at radius 3 is 2.93 bits per heavy atom. The minimum atomic E-state index is -0.762. The average Bonchev–Trinajstić information content (AvgIpc) is 3.30. The number of amides is 1. The first kappa shape index (κ1) is 21.5. The molecule has 156 valence electrons. The van der Waals surface area contributed by atoms with E-state index < -0.39 is 17.0 Å². The van der Waals surface area contributed by atoms with Gasteiger partial charge in [0.15, 0.2) is 11.3 Å². The largest absolute Gasteiger partial charge is 0.488 e. The van der Waals surface area contributed by atoms with Gasteiger partial charge in [0.25, 0.3) is 5.91 Å². The maximum Gasteiger partial charge on any atom is 0.381 e. The van der Waals surface area contributed by atoms with Crippen LogP contribution in [0.4, 0.5) is 5.69 Å². The summed E-state index contributed by atoms with van der Waals surface area (Å²) >= 11 is 8.87. The van der Waals surface area contributed by atoms with E-state index >= 15 is 0 Å². The molecule has 1 aliphatic heterocycles. The Hall–Kier alpha value is -2.21. The quantitative estimate of drug-likeness (QED) is 0.553. The zero-order valence-corrected chi connectivity index (χ0v) is 18.2. The summed E-state index contributed by atoms with van der Waals surface area (Å²) in [6.07, 6.45) is 0. The summed E-state index contributed by atoms with van der Waals surface area (Å²) in [7, 11) is 2.92. The maximum absolute atomic E-state index is 12.6. The Morgan fingerprint density at radius 1 is 1.48 bits per heavy atom. The number of halogens is 1. The molecular weight excluding hydrogens is 440 g/mol. The van der Waals surface area contributed by atoms with E-state index in [0.29, 0.717) is 22.4 Å². The number of hydrogen-bond acceptors (Lipinski definition) is 10. The number of hydrazone groups is 1. The predicted molar refractivity (Wildman–Crippen MR) is 114 cm³/mol. The molecule has 3 N–H and O–H groups in total. The van der Waals surface area contributed by atoms with Crippen LogP contribution >= 0.6 is 34.7 Å². The Labute approximate surface area is 179 Å². The second kappa shape index (κ2) is 9.53. The standard InChI is InChI=1S/C17H19ClN4O5S2/c1-8(7-25-2)19-10-6-11(27-16(24)12(10)26-3)14(23)20-17-22-21-15(29-17)13-9(18)4-5-28-13/h4-6,8,17,19,22H,7H2,1-3H3,(H,20,23)/t8-,17?/m1/s1. The van der Waals surface area contributed by atoms with Crippen molar-refractivity contribution in [3.05, 3.63) is 43.6 Å². The summed E-state index contributed by atoms with van der Waals surface area (Å²) in [5.41, 5.74) is 1.86. The lowest BCUT2D eigenvalue weighted by atomic mass is 10.2. The summed E-state index contributed by atoms with van der Waals surface area (Å²) in [5, 5.41) is 13.1. The van der Waals surface area contributed by atoms with Crippen molar-refractivity contribution in [2.24, 2.45) is 5.10 Å². The van der Waals surface area contributed by atoms with Crippen LogP contribution in [0, 0.1) is 0 Å². The van der Waals surface area contributed by atoms with Crippen molar-refractivity contribution in [3.8, 4) is 5.75 Å². The van der Waals surface area contributed by atoms with Gasteiger partial charge in [0, 0.05) is 19.2 Å². The van der Waals surface area contributed by atoms with Gasteiger partial charge in [-0.2, -0.15) is 5.10 Å². The maximum atomic E-state index is 12.6. The molecule has 1 amide bonds. The fraction of sp³-hybridized carbons (Fsp3) is 0.353.